The van der Waals surface area contributed by atoms with Crippen molar-refractivity contribution in [3.8, 4) is 5.75 Å². The number of anilines is 2. The second kappa shape index (κ2) is 10.6. The lowest BCUT2D eigenvalue weighted by Gasteiger charge is -2.40. The van der Waals surface area contributed by atoms with E-state index >= 15 is 0 Å². The van der Waals surface area contributed by atoms with E-state index in [1.165, 1.54) is 0 Å². The quantitative estimate of drug-likeness (QED) is 0.468. The van der Waals surface area contributed by atoms with Gasteiger partial charge in [0, 0.05) is 31.3 Å². The van der Waals surface area contributed by atoms with Crippen molar-refractivity contribution < 1.29 is 28.9 Å². The van der Waals surface area contributed by atoms with Crippen LogP contribution in [0, 0.1) is 0 Å². The molecule has 0 radical (unpaired) electrons. The fourth-order valence-electron chi connectivity index (χ4n) is 4.51. The van der Waals surface area contributed by atoms with Crippen LogP contribution >= 0.6 is 0 Å². The first kappa shape index (κ1) is 25.6. The van der Waals surface area contributed by atoms with E-state index in [0.29, 0.717) is 50.5 Å². The highest BCUT2D eigenvalue weighted by Crippen LogP contribution is 2.38. The van der Waals surface area contributed by atoms with Crippen molar-refractivity contribution >= 4 is 23.4 Å². The smallest absolute Gasteiger partial charge is 0.414 e. The molecule has 8 nitrogen and oxygen atoms in total. The summed E-state index contributed by atoms with van der Waals surface area (Å²) in [5, 5.41) is 11.1. The number of piperidine rings is 1. The van der Waals surface area contributed by atoms with Crippen LogP contribution in [-0.4, -0.2) is 54.6 Å². The zero-order valence-electron chi connectivity index (χ0n) is 21.2. The number of ether oxygens (including phenoxy) is 3. The summed E-state index contributed by atoms with van der Waals surface area (Å²) in [5.41, 5.74) is 1.03. The minimum Gasteiger partial charge on any atom is -0.489 e. The van der Waals surface area contributed by atoms with Crippen LogP contribution in [-0.2, 0) is 20.9 Å². The molecule has 1 fully saturated rings. The number of nitrogens with zero attached hydrogens (tertiary/aromatic N) is 2. The van der Waals surface area contributed by atoms with Gasteiger partial charge in [-0.05, 0) is 51.3 Å². The molecular weight excluding hydrogens is 460 g/mol. The predicted molar refractivity (Wildman–Crippen MR) is 137 cm³/mol. The molecule has 0 saturated carbocycles. The molecule has 36 heavy (non-hydrogen) atoms. The third-order valence-electron chi connectivity index (χ3n) is 6.32. The Bertz CT molecular complexity index is 1110. The van der Waals surface area contributed by atoms with E-state index in [9.17, 15) is 14.7 Å². The van der Waals surface area contributed by atoms with E-state index in [-0.39, 0.29) is 18.8 Å². The van der Waals surface area contributed by atoms with Crippen molar-refractivity contribution in [1.82, 2.24) is 0 Å². The lowest BCUT2D eigenvalue weighted by Crippen LogP contribution is -2.45. The highest BCUT2D eigenvalue weighted by atomic mass is 16.6. The first-order valence-electron chi connectivity index (χ1n) is 12.3. The van der Waals surface area contributed by atoms with E-state index in [4.69, 9.17) is 14.2 Å². The van der Waals surface area contributed by atoms with Gasteiger partial charge in [0.2, 0.25) is 0 Å². The molecule has 0 aliphatic carbocycles. The monoisotopic (exact) mass is 494 g/mol. The lowest BCUT2D eigenvalue weighted by atomic mass is 9.87. The topological polar surface area (TPSA) is 88.5 Å². The molecule has 0 aromatic heterocycles. The minimum atomic E-state index is -1.02. The van der Waals surface area contributed by atoms with Gasteiger partial charge < -0.3 is 24.2 Å². The SMILES string of the molecule is CC(C)(C)OC(=C=O)CC1(O)CCN(c2ccc3c(c2)OCCN3C(=O)OCc2ccccc2)CC1. The van der Waals surface area contributed by atoms with Gasteiger partial charge in [0.1, 0.15) is 24.6 Å². The Labute approximate surface area is 212 Å². The summed E-state index contributed by atoms with van der Waals surface area (Å²) in [6, 6.07) is 15.3. The van der Waals surface area contributed by atoms with Gasteiger partial charge in [0.05, 0.1) is 17.8 Å². The Morgan fingerprint density at radius 2 is 1.83 bits per heavy atom. The van der Waals surface area contributed by atoms with Gasteiger partial charge in [0.25, 0.3) is 0 Å². The molecule has 1 saturated heterocycles. The molecule has 0 atom stereocenters. The Balaban J connectivity index is 1.38. The Hall–Kier alpha value is -3.48. The van der Waals surface area contributed by atoms with Crippen LogP contribution < -0.4 is 14.5 Å². The number of carbonyl (C=O) groups is 1. The fraction of sp³-hybridized carbons (Fsp3) is 0.464. The predicted octanol–water partition coefficient (Wildman–Crippen LogP) is 4.47. The maximum atomic E-state index is 12.8. The van der Waals surface area contributed by atoms with E-state index in [1.54, 1.807) is 4.90 Å². The van der Waals surface area contributed by atoms with E-state index in [0.717, 1.165) is 11.3 Å². The Kier molecular flexibility index (Phi) is 7.57. The van der Waals surface area contributed by atoms with Gasteiger partial charge in [-0.3, -0.25) is 4.90 Å². The fourth-order valence-corrected chi connectivity index (χ4v) is 4.51. The molecule has 1 N–H and O–H groups in total. The van der Waals surface area contributed by atoms with Gasteiger partial charge in [0.15, 0.2) is 11.7 Å². The van der Waals surface area contributed by atoms with Crippen molar-refractivity contribution in [1.29, 1.82) is 0 Å². The molecule has 2 aromatic carbocycles. The summed E-state index contributed by atoms with van der Waals surface area (Å²) in [4.78, 5) is 27.9. The van der Waals surface area contributed by atoms with E-state index in [2.05, 4.69) is 4.90 Å². The molecule has 1 amide bonds. The van der Waals surface area contributed by atoms with Crippen LogP contribution in [0.1, 0.15) is 45.6 Å². The maximum absolute atomic E-state index is 12.8. The summed E-state index contributed by atoms with van der Waals surface area (Å²) in [6.07, 6.45) is 0.716. The van der Waals surface area contributed by atoms with Crippen LogP contribution in [0.3, 0.4) is 0 Å². The van der Waals surface area contributed by atoms with Crippen molar-refractivity contribution in [2.24, 2.45) is 0 Å². The molecule has 0 bridgehead atoms. The first-order valence-corrected chi connectivity index (χ1v) is 12.3. The number of rotatable bonds is 6. The van der Waals surface area contributed by atoms with Crippen molar-refractivity contribution in [2.75, 3.05) is 36.0 Å². The summed E-state index contributed by atoms with van der Waals surface area (Å²) >= 11 is 0. The number of benzene rings is 2. The summed E-state index contributed by atoms with van der Waals surface area (Å²) in [6.45, 7) is 7.81. The zero-order valence-corrected chi connectivity index (χ0v) is 21.2. The summed E-state index contributed by atoms with van der Waals surface area (Å²) < 4.78 is 17.0. The third-order valence-corrected chi connectivity index (χ3v) is 6.32. The number of carbonyl (C=O) groups excluding carboxylic acids is 2. The molecule has 2 heterocycles. The van der Waals surface area contributed by atoms with Gasteiger partial charge >= 0.3 is 6.09 Å². The summed E-state index contributed by atoms with van der Waals surface area (Å²) in [7, 11) is 0. The second-order valence-corrected chi connectivity index (χ2v) is 10.3. The van der Waals surface area contributed by atoms with E-state index < -0.39 is 17.3 Å². The Morgan fingerprint density at radius 1 is 1.11 bits per heavy atom. The van der Waals surface area contributed by atoms with Gasteiger partial charge in [-0.2, -0.15) is 0 Å². The molecule has 8 heteroatoms. The van der Waals surface area contributed by atoms with Gasteiger partial charge in [-0.15, -0.1) is 0 Å². The zero-order chi connectivity index (χ0) is 25.8. The highest BCUT2D eigenvalue weighted by molar-refractivity contribution is 5.90. The normalized spacial score (nSPS) is 16.9. The van der Waals surface area contributed by atoms with Crippen molar-refractivity contribution in [2.45, 2.75) is 57.8 Å². The van der Waals surface area contributed by atoms with Gasteiger partial charge in [-0.25, -0.2) is 9.59 Å². The van der Waals surface area contributed by atoms with Crippen molar-refractivity contribution in [3.63, 3.8) is 0 Å². The first-order chi connectivity index (χ1) is 17.2. The standard InChI is InChI=1S/C28H34N2O6/c1-27(2,3)36-23(19-31)18-28(33)11-13-29(14-12-28)22-9-10-24-25(17-22)34-16-15-30(24)26(32)35-20-21-7-5-4-6-8-21/h4-10,17,33H,11-16,18,20H2,1-3H3. The average molecular weight is 495 g/mol. The molecule has 2 aromatic rings. The molecule has 2 aliphatic heterocycles. The average Bonchev–Trinajstić information content (AvgIpc) is 2.86. The number of fused-ring (bicyclic) bond motifs is 1. The van der Waals surface area contributed by atoms with Gasteiger partial charge in [-0.1, -0.05) is 30.3 Å². The highest BCUT2D eigenvalue weighted by Gasteiger charge is 2.35. The van der Waals surface area contributed by atoms with Crippen LogP contribution in [0.25, 0.3) is 0 Å². The number of amides is 1. The van der Waals surface area contributed by atoms with Crippen molar-refractivity contribution in [3.05, 3.63) is 59.9 Å². The number of aliphatic hydroxyl groups is 1. The van der Waals surface area contributed by atoms with Crippen LogP contribution in [0.15, 0.2) is 54.3 Å². The molecule has 2 aliphatic rings. The van der Waals surface area contributed by atoms with Crippen LogP contribution in [0.4, 0.5) is 16.2 Å². The third kappa shape index (κ3) is 6.39. The lowest BCUT2D eigenvalue weighted by molar-refractivity contribution is -0.0184. The molecule has 4 rings (SSSR count). The Morgan fingerprint density at radius 3 is 2.50 bits per heavy atom. The van der Waals surface area contributed by atoms with Crippen LogP contribution in [0.2, 0.25) is 0 Å². The minimum absolute atomic E-state index is 0.148. The molecule has 0 unspecified atom stereocenters. The molecular formula is C28H34N2O6. The second-order valence-electron chi connectivity index (χ2n) is 10.3. The van der Waals surface area contributed by atoms with Crippen LogP contribution in [0.5, 0.6) is 5.75 Å². The molecule has 0 spiro atoms. The molecule has 192 valence electrons. The van der Waals surface area contributed by atoms with E-state index in [1.807, 2.05) is 75.2 Å². The summed E-state index contributed by atoms with van der Waals surface area (Å²) in [5.74, 6) is 2.63. The number of hydrogen-bond donors (Lipinski definition) is 1. The largest absolute Gasteiger partial charge is 0.489 e. The maximum Gasteiger partial charge on any atom is 0.414 e. The number of hydrogen-bond acceptors (Lipinski definition) is 7.